The number of hydrogen-bond donors (Lipinski definition) is 1. The van der Waals surface area contributed by atoms with Crippen LogP contribution in [0.2, 0.25) is 0 Å². The molecule has 2 saturated carbocycles. The second-order valence-corrected chi connectivity index (χ2v) is 4.05. The molecule has 2 aliphatic rings. The first-order valence-corrected chi connectivity index (χ1v) is 4.56. The molecule has 10 heavy (non-hydrogen) atoms. The van der Waals surface area contributed by atoms with E-state index in [4.69, 9.17) is 5.73 Å². The summed E-state index contributed by atoms with van der Waals surface area (Å²) in [4.78, 5) is 0. The van der Waals surface area contributed by atoms with Crippen LogP contribution in [0.25, 0.3) is 0 Å². The first-order chi connectivity index (χ1) is 4.80. The molecule has 0 aromatic heterocycles. The molecule has 0 saturated heterocycles. The fraction of sp³-hybridized carbons (Fsp3) is 1.00. The van der Waals surface area contributed by atoms with Gasteiger partial charge in [0.15, 0.2) is 0 Å². The van der Waals surface area contributed by atoms with E-state index in [0.717, 1.165) is 17.8 Å². The minimum absolute atomic E-state index is 0.466. The molecule has 2 rings (SSSR count). The van der Waals surface area contributed by atoms with Gasteiger partial charge in [0.25, 0.3) is 0 Å². The molecule has 3 unspecified atom stereocenters. The summed E-state index contributed by atoms with van der Waals surface area (Å²) in [5, 5.41) is 0. The molecule has 0 bridgehead atoms. The molecular weight excluding hydrogens is 122 g/mol. The summed E-state index contributed by atoms with van der Waals surface area (Å²) < 4.78 is 0. The third-order valence-corrected chi connectivity index (χ3v) is 3.33. The SMILES string of the molecule is CC(N)C1C2CCCCC21. The van der Waals surface area contributed by atoms with Crippen molar-refractivity contribution in [1.29, 1.82) is 0 Å². The topological polar surface area (TPSA) is 26.0 Å². The Morgan fingerprint density at radius 2 is 1.70 bits per heavy atom. The number of nitrogens with two attached hydrogens (primary N) is 1. The summed E-state index contributed by atoms with van der Waals surface area (Å²) in [6, 6.07) is 0.466. The Kier molecular flexibility index (Phi) is 1.48. The Morgan fingerprint density at radius 3 is 2.10 bits per heavy atom. The summed E-state index contributed by atoms with van der Waals surface area (Å²) >= 11 is 0. The summed E-state index contributed by atoms with van der Waals surface area (Å²) in [6.45, 7) is 2.17. The van der Waals surface area contributed by atoms with Crippen molar-refractivity contribution < 1.29 is 0 Å². The zero-order chi connectivity index (χ0) is 7.14. The van der Waals surface area contributed by atoms with Crippen molar-refractivity contribution in [3.8, 4) is 0 Å². The maximum absolute atomic E-state index is 5.86. The van der Waals surface area contributed by atoms with Crippen LogP contribution < -0.4 is 5.73 Å². The second kappa shape index (κ2) is 2.23. The first-order valence-electron chi connectivity index (χ1n) is 4.56. The van der Waals surface area contributed by atoms with Crippen molar-refractivity contribution in [2.24, 2.45) is 23.5 Å². The predicted octanol–water partition coefficient (Wildman–Crippen LogP) is 1.77. The van der Waals surface area contributed by atoms with Gasteiger partial charge < -0.3 is 5.73 Å². The minimum atomic E-state index is 0.466. The molecule has 2 aliphatic carbocycles. The molecule has 0 heterocycles. The zero-order valence-corrected chi connectivity index (χ0v) is 6.72. The van der Waals surface area contributed by atoms with E-state index in [1.165, 1.54) is 25.7 Å². The lowest BCUT2D eigenvalue weighted by Crippen LogP contribution is -2.18. The van der Waals surface area contributed by atoms with Crippen LogP contribution in [0.5, 0.6) is 0 Å². The Balaban J connectivity index is 1.93. The van der Waals surface area contributed by atoms with Gasteiger partial charge in [-0.2, -0.15) is 0 Å². The van der Waals surface area contributed by atoms with Crippen molar-refractivity contribution in [2.75, 3.05) is 0 Å². The zero-order valence-electron chi connectivity index (χ0n) is 6.72. The fourth-order valence-corrected chi connectivity index (χ4v) is 2.83. The lowest BCUT2D eigenvalue weighted by molar-refractivity contribution is 0.480. The highest BCUT2D eigenvalue weighted by atomic mass is 14.7. The number of fused-ring (bicyclic) bond motifs is 1. The Labute approximate surface area is 63.0 Å². The average molecular weight is 139 g/mol. The van der Waals surface area contributed by atoms with E-state index in [-0.39, 0.29) is 0 Å². The van der Waals surface area contributed by atoms with Crippen LogP contribution in [-0.2, 0) is 0 Å². The minimum Gasteiger partial charge on any atom is -0.328 e. The van der Waals surface area contributed by atoms with Gasteiger partial charge in [-0.25, -0.2) is 0 Å². The molecule has 0 amide bonds. The Morgan fingerprint density at radius 1 is 1.20 bits per heavy atom. The molecule has 2 N–H and O–H groups in total. The van der Waals surface area contributed by atoms with E-state index in [9.17, 15) is 0 Å². The highest BCUT2D eigenvalue weighted by Crippen LogP contribution is 2.56. The lowest BCUT2D eigenvalue weighted by Gasteiger charge is -2.04. The van der Waals surface area contributed by atoms with Crippen LogP contribution in [0.4, 0.5) is 0 Å². The van der Waals surface area contributed by atoms with Crippen LogP contribution in [-0.4, -0.2) is 6.04 Å². The van der Waals surface area contributed by atoms with E-state index in [1.54, 1.807) is 0 Å². The molecule has 0 aromatic carbocycles. The van der Waals surface area contributed by atoms with Gasteiger partial charge in [0.2, 0.25) is 0 Å². The Hall–Kier alpha value is -0.0400. The molecule has 0 aliphatic heterocycles. The van der Waals surface area contributed by atoms with Crippen molar-refractivity contribution in [3.63, 3.8) is 0 Å². The van der Waals surface area contributed by atoms with Crippen LogP contribution in [0.15, 0.2) is 0 Å². The Bertz CT molecular complexity index is 119. The van der Waals surface area contributed by atoms with Gasteiger partial charge in [0.05, 0.1) is 0 Å². The normalized spacial score (nSPS) is 48.0. The molecule has 1 nitrogen and oxygen atoms in total. The van der Waals surface area contributed by atoms with Gasteiger partial charge in [0.1, 0.15) is 0 Å². The van der Waals surface area contributed by atoms with Gasteiger partial charge in [-0.1, -0.05) is 12.8 Å². The molecule has 0 radical (unpaired) electrons. The molecule has 0 aromatic rings. The molecular formula is C9H17N. The fourth-order valence-electron chi connectivity index (χ4n) is 2.83. The summed E-state index contributed by atoms with van der Waals surface area (Å²) in [5.74, 6) is 2.98. The number of rotatable bonds is 1. The smallest absolute Gasteiger partial charge is 0.00442 e. The van der Waals surface area contributed by atoms with Crippen LogP contribution >= 0.6 is 0 Å². The van der Waals surface area contributed by atoms with Gasteiger partial charge in [-0.05, 0) is 37.5 Å². The summed E-state index contributed by atoms with van der Waals surface area (Å²) in [6.07, 6.45) is 5.86. The molecule has 0 spiro atoms. The van der Waals surface area contributed by atoms with Gasteiger partial charge >= 0.3 is 0 Å². The quantitative estimate of drug-likeness (QED) is 0.588. The molecule has 1 heteroatoms. The van der Waals surface area contributed by atoms with E-state index >= 15 is 0 Å². The van der Waals surface area contributed by atoms with Crippen molar-refractivity contribution >= 4 is 0 Å². The maximum Gasteiger partial charge on any atom is 0.00442 e. The van der Waals surface area contributed by atoms with E-state index < -0.39 is 0 Å². The second-order valence-electron chi connectivity index (χ2n) is 4.05. The van der Waals surface area contributed by atoms with Crippen molar-refractivity contribution in [2.45, 2.75) is 38.6 Å². The third-order valence-electron chi connectivity index (χ3n) is 3.33. The number of hydrogen-bond acceptors (Lipinski definition) is 1. The first kappa shape index (κ1) is 6.66. The molecule has 2 fully saturated rings. The van der Waals surface area contributed by atoms with Crippen molar-refractivity contribution in [3.05, 3.63) is 0 Å². The van der Waals surface area contributed by atoms with E-state index in [2.05, 4.69) is 6.92 Å². The van der Waals surface area contributed by atoms with Crippen LogP contribution in [0.3, 0.4) is 0 Å². The average Bonchev–Trinajstić information content (AvgIpc) is 2.60. The highest BCUT2D eigenvalue weighted by molar-refractivity contribution is 5.02. The molecule has 3 atom stereocenters. The van der Waals surface area contributed by atoms with Gasteiger partial charge in [-0.3, -0.25) is 0 Å². The third kappa shape index (κ3) is 0.878. The van der Waals surface area contributed by atoms with Gasteiger partial charge in [0, 0.05) is 6.04 Å². The maximum atomic E-state index is 5.86. The van der Waals surface area contributed by atoms with Gasteiger partial charge in [-0.15, -0.1) is 0 Å². The highest BCUT2D eigenvalue weighted by Gasteiger charge is 2.51. The van der Waals surface area contributed by atoms with E-state index in [1.807, 2.05) is 0 Å². The van der Waals surface area contributed by atoms with Crippen LogP contribution in [0, 0.1) is 17.8 Å². The molecule has 58 valence electrons. The standard InChI is InChI=1S/C9H17N/c1-6(10)9-7-4-2-3-5-8(7)9/h6-9H,2-5,10H2,1H3. The van der Waals surface area contributed by atoms with Crippen LogP contribution in [0.1, 0.15) is 32.6 Å². The summed E-state index contributed by atoms with van der Waals surface area (Å²) in [7, 11) is 0. The summed E-state index contributed by atoms with van der Waals surface area (Å²) in [5.41, 5.74) is 5.86. The predicted molar refractivity (Wildman–Crippen MR) is 42.6 cm³/mol. The largest absolute Gasteiger partial charge is 0.328 e. The van der Waals surface area contributed by atoms with E-state index in [0.29, 0.717) is 6.04 Å². The monoisotopic (exact) mass is 139 g/mol. The van der Waals surface area contributed by atoms with Crippen molar-refractivity contribution in [1.82, 2.24) is 0 Å². The lowest BCUT2D eigenvalue weighted by atomic mass is 10.0.